The number of benzene rings is 2. The van der Waals surface area contributed by atoms with Crippen molar-refractivity contribution in [2.24, 2.45) is 28.4 Å². The van der Waals surface area contributed by atoms with Crippen LogP contribution >= 0.6 is 0 Å². The number of hydrogen-bond donors (Lipinski definition) is 2. The molecule has 5 aliphatic rings. The molecule has 7 rings (SSSR count). The van der Waals surface area contributed by atoms with Gasteiger partial charge in [0.2, 0.25) is 0 Å². The number of aryl methyl sites for hydroxylation is 2. The molecule has 2 aromatic carbocycles. The molecule has 1 saturated heterocycles. The molecular weight excluding hydrogens is 573 g/mol. The summed E-state index contributed by atoms with van der Waals surface area (Å²) in [6.07, 6.45) is 4.39. The molecule has 1 heterocycles. The van der Waals surface area contributed by atoms with E-state index < -0.39 is 46.3 Å². The van der Waals surface area contributed by atoms with Crippen LogP contribution in [0.3, 0.4) is 0 Å². The number of hydrogen-bond acceptors (Lipinski definition) is 7. The summed E-state index contributed by atoms with van der Waals surface area (Å²) in [4.78, 5) is 26.0. The van der Waals surface area contributed by atoms with E-state index in [1.807, 2.05) is 44.2 Å². The number of rotatable bonds is 5. The Balaban J connectivity index is 1.22. The summed E-state index contributed by atoms with van der Waals surface area (Å²) < 4.78 is 35.4. The molecule has 0 bridgehead atoms. The number of aliphatic hydroxyl groups is 1. The molecule has 0 aromatic heterocycles. The summed E-state index contributed by atoms with van der Waals surface area (Å²) in [7, 11) is 0. The SMILES string of the molecule is CC(=O)[C@@]12OC(c3c(C)ccc(OCc4cccc(C)c4)c3F)O[C@@H]1CC1C3(N)CCC4=CC(=O)C=CC4(C)C3C(O)CC12C. The molecule has 238 valence electrons. The summed E-state index contributed by atoms with van der Waals surface area (Å²) in [5.74, 6) is -1.33. The second kappa shape index (κ2) is 10.2. The monoisotopic (exact) mass is 615 g/mol. The maximum Gasteiger partial charge on any atom is 0.188 e. The minimum Gasteiger partial charge on any atom is -0.486 e. The van der Waals surface area contributed by atoms with Gasteiger partial charge in [-0.3, -0.25) is 9.59 Å². The first-order valence-electron chi connectivity index (χ1n) is 16.0. The molecule has 0 amide bonds. The minimum atomic E-state index is -1.42. The Kier molecular flexibility index (Phi) is 6.88. The first kappa shape index (κ1) is 30.5. The van der Waals surface area contributed by atoms with Gasteiger partial charge in [-0.15, -0.1) is 0 Å². The molecule has 7 unspecified atom stereocenters. The summed E-state index contributed by atoms with van der Waals surface area (Å²) in [6, 6.07) is 11.2. The summed E-state index contributed by atoms with van der Waals surface area (Å²) >= 11 is 0. The van der Waals surface area contributed by atoms with Gasteiger partial charge in [-0.25, -0.2) is 4.39 Å². The average Bonchev–Trinajstić information content (AvgIpc) is 3.47. The van der Waals surface area contributed by atoms with E-state index in [1.54, 1.807) is 31.2 Å². The zero-order valence-corrected chi connectivity index (χ0v) is 26.6. The Labute approximate surface area is 263 Å². The van der Waals surface area contributed by atoms with Crippen LogP contribution in [0.4, 0.5) is 4.39 Å². The molecule has 9 atom stereocenters. The van der Waals surface area contributed by atoms with Crippen molar-refractivity contribution in [3.8, 4) is 5.75 Å². The molecular formula is C37H42FNO6. The third-order valence-corrected chi connectivity index (χ3v) is 12.0. The van der Waals surface area contributed by atoms with Crippen molar-refractivity contribution < 1.29 is 33.3 Å². The molecule has 45 heavy (non-hydrogen) atoms. The minimum absolute atomic E-state index is 0.0481. The number of ketones is 2. The standard InChI is InChI=1S/C37H42FNO6/c1-20-7-6-8-23(15-20)19-43-27-10-9-21(2)30(31(27)38)33-44-29-17-28-35(5,37(29,45-33)22(3)40)18-26(42)32-34(4)13-12-25(41)16-24(34)11-14-36(28,32)39/h6-10,12-13,15-16,26,28-29,32-33,42H,11,14,17-19,39H2,1-5H3/t26?,28?,29-,32?,33?,34?,35?,36?,37-/m1/s1. The smallest absolute Gasteiger partial charge is 0.188 e. The van der Waals surface area contributed by atoms with Gasteiger partial charge in [-0.05, 0) is 81.7 Å². The second-order valence-corrected chi connectivity index (χ2v) is 14.5. The third-order valence-electron chi connectivity index (χ3n) is 12.0. The molecule has 0 spiro atoms. The highest BCUT2D eigenvalue weighted by Crippen LogP contribution is 2.71. The number of ether oxygens (including phenoxy) is 3. The lowest BCUT2D eigenvalue weighted by Crippen LogP contribution is -2.72. The molecule has 1 aliphatic heterocycles. The van der Waals surface area contributed by atoms with Crippen LogP contribution in [-0.4, -0.2) is 40.0 Å². The fourth-order valence-corrected chi connectivity index (χ4v) is 10.1. The Bertz CT molecular complexity index is 1670. The fraction of sp³-hybridized carbons (Fsp3) is 0.514. The number of Topliss-reactive ketones (excluding diaryl/α,β-unsaturated/α-hetero) is 1. The van der Waals surface area contributed by atoms with Crippen LogP contribution in [0.5, 0.6) is 5.75 Å². The number of aliphatic hydroxyl groups excluding tert-OH is 1. The Morgan fingerprint density at radius 3 is 2.71 bits per heavy atom. The molecule has 3 saturated carbocycles. The number of carbonyl (C=O) groups is 2. The van der Waals surface area contributed by atoms with Crippen molar-refractivity contribution in [1.82, 2.24) is 0 Å². The zero-order chi connectivity index (χ0) is 32.1. The predicted molar refractivity (Wildman–Crippen MR) is 166 cm³/mol. The van der Waals surface area contributed by atoms with Gasteiger partial charge < -0.3 is 25.1 Å². The summed E-state index contributed by atoms with van der Waals surface area (Å²) in [5, 5.41) is 11.9. The highest BCUT2D eigenvalue weighted by Gasteiger charge is 2.78. The third kappa shape index (κ3) is 4.15. The van der Waals surface area contributed by atoms with Crippen LogP contribution in [0, 0.1) is 42.3 Å². The lowest BCUT2D eigenvalue weighted by atomic mass is 9.43. The molecule has 4 fully saturated rings. The fourth-order valence-electron chi connectivity index (χ4n) is 10.1. The van der Waals surface area contributed by atoms with Gasteiger partial charge in [0.25, 0.3) is 0 Å². The average molecular weight is 616 g/mol. The van der Waals surface area contributed by atoms with E-state index in [4.69, 9.17) is 19.9 Å². The van der Waals surface area contributed by atoms with Crippen molar-refractivity contribution in [1.29, 1.82) is 0 Å². The van der Waals surface area contributed by atoms with E-state index in [2.05, 4.69) is 6.92 Å². The van der Waals surface area contributed by atoms with Crippen LogP contribution in [0.2, 0.25) is 0 Å². The van der Waals surface area contributed by atoms with Gasteiger partial charge in [0.05, 0.1) is 17.8 Å². The van der Waals surface area contributed by atoms with E-state index in [-0.39, 0.29) is 47.7 Å². The Morgan fingerprint density at radius 1 is 1.20 bits per heavy atom. The van der Waals surface area contributed by atoms with Gasteiger partial charge >= 0.3 is 0 Å². The zero-order valence-electron chi connectivity index (χ0n) is 26.6. The molecule has 2 aromatic rings. The summed E-state index contributed by atoms with van der Waals surface area (Å²) in [5.41, 5.74) is 7.53. The van der Waals surface area contributed by atoms with Gasteiger partial charge in [0, 0.05) is 22.3 Å². The lowest BCUT2D eigenvalue weighted by Gasteiger charge is -2.64. The Hall–Kier alpha value is -3.17. The normalized spacial score (nSPS) is 39.9. The van der Waals surface area contributed by atoms with Crippen LogP contribution in [-0.2, 0) is 25.7 Å². The van der Waals surface area contributed by atoms with Gasteiger partial charge in [0.1, 0.15) is 6.61 Å². The van der Waals surface area contributed by atoms with Crippen molar-refractivity contribution in [3.05, 3.63) is 88.3 Å². The quantitative estimate of drug-likeness (QED) is 0.442. The largest absolute Gasteiger partial charge is 0.486 e. The van der Waals surface area contributed by atoms with Crippen molar-refractivity contribution in [3.63, 3.8) is 0 Å². The van der Waals surface area contributed by atoms with Gasteiger partial charge in [-0.1, -0.05) is 61.4 Å². The van der Waals surface area contributed by atoms with E-state index in [0.717, 1.165) is 16.7 Å². The Morgan fingerprint density at radius 2 is 1.98 bits per heavy atom. The van der Waals surface area contributed by atoms with Crippen LogP contribution < -0.4 is 10.5 Å². The molecule has 0 radical (unpaired) electrons. The van der Waals surface area contributed by atoms with Crippen molar-refractivity contribution in [2.75, 3.05) is 0 Å². The van der Waals surface area contributed by atoms with Crippen LogP contribution in [0.15, 0.2) is 60.2 Å². The van der Waals surface area contributed by atoms with E-state index in [1.165, 1.54) is 6.92 Å². The van der Waals surface area contributed by atoms with Crippen molar-refractivity contribution >= 4 is 11.6 Å². The van der Waals surface area contributed by atoms with Crippen molar-refractivity contribution in [2.45, 2.75) is 96.5 Å². The number of halogens is 1. The molecule has 8 heteroatoms. The highest BCUT2D eigenvalue weighted by atomic mass is 19.1. The molecule has 4 aliphatic carbocycles. The molecule has 3 N–H and O–H groups in total. The first-order valence-corrected chi connectivity index (χ1v) is 16.0. The highest BCUT2D eigenvalue weighted by molar-refractivity contribution is 6.01. The van der Waals surface area contributed by atoms with Crippen LogP contribution in [0.1, 0.15) is 75.0 Å². The number of fused-ring (bicyclic) bond motifs is 7. The second-order valence-electron chi connectivity index (χ2n) is 14.5. The van der Waals surface area contributed by atoms with Gasteiger partial charge in [-0.2, -0.15) is 0 Å². The number of allylic oxidation sites excluding steroid dienone is 4. The number of nitrogens with two attached hydrogens (primary N) is 1. The predicted octanol–water partition coefficient (Wildman–Crippen LogP) is 5.73. The van der Waals surface area contributed by atoms with E-state index in [0.29, 0.717) is 24.8 Å². The van der Waals surface area contributed by atoms with Gasteiger partial charge in [0.15, 0.2) is 35.0 Å². The topological polar surface area (TPSA) is 108 Å². The lowest BCUT2D eigenvalue weighted by molar-refractivity contribution is -0.203. The van der Waals surface area contributed by atoms with Crippen LogP contribution in [0.25, 0.3) is 0 Å². The summed E-state index contributed by atoms with van der Waals surface area (Å²) in [6.45, 7) is 9.51. The van der Waals surface area contributed by atoms with E-state index >= 15 is 4.39 Å². The maximum atomic E-state index is 16.2. The molecule has 7 nitrogen and oxygen atoms in total. The maximum absolute atomic E-state index is 16.2. The first-order chi connectivity index (χ1) is 21.2. The number of carbonyl (C=O) groups excluding carboxylic acids is 2. The van der Waals surface area contributed by atoms with E-state index in [9.17, 15) is 14.7 Å².